The third-order valence-corrected chi connectivity index (χ3v) is 6.54. The molecule has 200 valence electrons. The molecule has 0 spiro atoms. The fraction of sp³-hybridized carbons (Fsp3) is 0.0938. The zero-order valence-electron chi connectivity index (χ0n) is 21.9. The number of esters is 1. The van der Waals surface area contributed by atoms with E-state index >= 15 is 0 Å². The molecule has 8 heteroatoms. The largest absolute Gasteiger partial charge is 0.490 e. The number of fused-ring (bicyclic) bond motifs is 1. The number of rotatable bonds is 8. The lowest BCUT2D eigenvalue weighted by molar-refractivity contribution is 0.0728. The lowest BCUT2D eigenvalue weighted by Crippen LogP contribution is -2.19. The average Bonchev–Trinajstić information content (AvgIpc) is 3.34. The van der Waals surface area contributed by atoms with Crippen molar-refractivity contribution in [2.24, 2.45) is 5.10 Å². The van der Waals surface area contributed by atoms with Gasteiger partial charge in [-0.25, -0.2) is 10.2 Å². The maximum absolute atomic E-state index is 13.2. The number of amides is 1. The Morgan fingerprint density at radius 2 is 1.70 bits per heavy atom. The van der Waals surface area contributed by atoms with Crippen molar-refractivity contribution in [2.75, 3.05) is 6.61 Å². The number of carbonyl (C=O) groups excluding carboxylic acids is 2. The number of hydrogen-bond donors (Lipinski definition) is 2. The van der Waals surface area contributed by atoms with Gasteiger partial charge in [-0.1, -0.05) is 65.7 Å². The molecule has 1 aromatic heterocycles. The number of aromatic amines is 1. The second kappa shape index (κ2) is 11.9. The van der Waals surface area contributed by atoms with Crippen molar-refractivity contribution in [1.82, 2.24) is 10.4 Å². The molecule has 1 amide bonds. The van der Waals surface area contributed by atoms with E-state index in [4.69, 9.17) is 21.1 Å². The molecule has 0 aliphatic carbocycles. The highest BCUT2D eigenvalue weighted by Gasteiger charge is 2.20. The summed E-state index contributed by atoms with van der Waals surface area (Å²) in [6, 6.07) is 27.2. The molecule has 0 aliphatic heterocycles. The first-order valence-corrected chi connectivity index (χ1v) is 13.1. The molecule has 0 aliphatic rings. The third-order valence-electron chi connectivity index (χ3n) is 6.21. The van der Waals surface area contributed by atoms with Crippen LogP contribution in [0.15, 0.2) is 96.1 Å². The molecule has 2 N–H and O–H groups in total. The van der Waals surface area contributed by atoms with Gasteiger partial charge < -0.3 is 14.5 Å². The van der Waals surface area contributed by atoms with Crippen molar-refractivity contribution in [3.05, 3.63) is 118 Å². The molecule has 0 atom stereocenters. The molecule has 1 heterocycles. The van der Waals surface area contributed by atoms with Crippen LogP contribution in [0.4, 0.5) is 0 Å². The maximum Gasteiger partial charge on any atom is 0.343 e. The summed E-state index contributed by atoms with van der Waals surface area (Å²) in [5.74, 6) is -0.232. The molecule has 7 nitrogen and oxygen atoms in total. The SMILES string of the molecule is CCOc1cc(C=NNC(=O)c2[nH]c3ccccc3c2-c2ccccc2Cl)ccc1OC(=O)c1ccc(C)cc1. The number of hydrazone groups is 1. The molecule has 40 heavy (non-hydrogen) atoms. The second-order valence-corrected chi connectivity index (χ2v) is 9.40. The van der Waals surface area contributed by atoms with Gasteiger partial charge >= 0.3 is 5.97 Å². The van der Waals surface area contributed by atoms with Gasteiger partial charge in [-0.05, 0) is 61.9 Å². The molecule has 0 fully saturated rings. The van der Waals surface area contributed by atoms with E-state index in [1.807, 2.05) is 68.4 Å². The van der Waals surface area contributed by atoms with Crippen LogP contribution in [0.5, 0.6) is 11.5 Å². The van der Waals surface area contributed by atoms with Crippen LogP contribution >= 0.6 is 11.6 Å². The van der Waals surface area contributed by atoms with Crippen LogP contribution in [0.25, 0.3) is 22.0 Å². The Hall–Kier alpha value is -4.88. The Bertz CT molecular complexity index is 1720. The molecule has 0 saturated carbocycles. The minimum absolute atomic E-state index is 0.288. The van der Waals surface area contributed by atoms with Crippen LogP contribution < -0.4 is 14.9 Å². The highest BCUT2D eigenvalue weighted by atomic mass is 35.5. The molecule has 4 aromatic carbocycles. The molecular formula is C32H26ClN3O4. The average molecular weight is 552 g/mol. The lowest BCUT2D eigenvalue weighted by atomic mass is 10.0. The summed E-state index contributed by atoms with van der Waals surface area (Å²) >= 11 is 6.48. The Balaban J connectivity index is 1.36. The topological polar surface area (TPSA) is 92.8 Å². The van der Waals surface area contributed by atoms with Crippen LogP contribution in [0.3, 0.4) is 0 Å². The summed E-state index contributed by atoms with van der Waals surface area (Å²) in [5, 5.41) is 5.57. The van der Waals surface area contributed by atoms with Crippen molar-refractivity contribution in [3.63, 3.8) is 0 Å². The monoisotopic (exact) mass is 551 g/mol. The zero-order chi connectivity index (χ0) is 28.1. The number of aryl methyl sites for hydroxylation is 1. The fourth-order valence-electron chi connectivity index (χ4n) is 4.28. The first kappa shape index (κ1) is 26.7. The maximum atomic E-state index is 13.2. The quantitative estimate of drug-likeness (QED) is 0.0924. The van der Waals surface area contributed by atoms with E-state index in [9.17, 15) is 9.59 Å². The number of nitrogens with one attached hydrogen (secondary N) is 2. The number of benzene rings is 4. The second-order valence-electron chi connectivity index (χ2n) is 8.99. The van der Waals surface area contributed by atoms with Gasteiger partial charge in [0.05, 0.1) is 18.4 Å². The molecule has 0 unspecified atom stereocenters. The van der Waals surface area contributed by atoms with Crippen molar-refractivity contribution < 1.29 is 19.1 Å². The Kier molecular flexibility index (Phi) is 7.94. The Labute approximate surface area is 236 Å². The van der Waals surface area contributed by atoms with Gasteiger partial charge in [0.15, 0.2) is 11.5 Å². The van der Waals surface area contributed by atoms with Crippen molar-refractivity contribution in [2.45, 2.75) is 13.8 Å². The van der Waals surface area contributed by atoms with Crippen molar-refractivity contribution in [3.8, 4) is 22.6 Å². The van der Waals surface area contributed by atoms with E-state index in [0.717, 1.165) is 22.0 Å². The van der Waals surface area contributed by atoms with E-state index in [0.29, 0.717) is 39.8 Å². The smallest absolute Gasteiger partial charge is 0.343 e. The van der Waals surface area contributed by atoms with Gasteiger partial charge in [-0.2, -0.15) is 5.10 Å². The van der Waals surface area contributed by atoms with Gasteiger partial charge in [-0.3, -0.25) is 4.79 Å². The standard InChI is InChI=1S/C32H26ClN3O4/c1-3-39-28-18-21(14-17-27(28)40-32(38)22-15-12-20(2)13-16-22)19-34-36-31(37)30-29(23-8-4-6-10-25(23)33)24-9-5-7-11-26(24)35-30/h4-19,35H,3H2,1-2H3,(H,36,37). The summed E-state index contributed by atoms with van der Waals surface area (Å²) in [6.45, 7) is 4.16. The van der Waals surface area contributed by atoms with E-state index < -0.39 is 11.9 Å². The zero-order valence-corrected chi connectivity index (χ0v) is 22.7. The summed E-state index contributed by atoms with van der Waals surface area (Å²) in [4.78, 5) is 29.0. The number of ether oxygens (including phenoxy) is 2. The number of halogens is 1. The van der Waals surface area contributed by atoms with Crippen LogP contribution in [0.2, 0.25) is 5.02 Å². The first-order chi connectivity index (χ1) is 19.4. The Morgan fingerprint density at radius 1 is 0.950 bits per heavy atom. The predicted octanol–water partition coefficient (Wildman–Crippen LogP) is 7.18. The molecule has 0 radical (unpaired) electrons. The third kappa shape index (κ3) is 5.75. The highest BCUT2D eigenvalue weighted by molar-refractivity contribution is 6.34. The summed E-state index contributed by atoms with van der Waals surface area (Å²) < 4.78 is 11.3. The number of nitrogens with zero attached hydrogens (tertiary/aromatic N) is 1. The van der Waals surface area contributed by atoms with Gasteiger partial charge in [0.2, 0.25) is 0 Å². The highest BCUT2D eigenvalue weighted by Crippen LogP contribution is 2.36. The minimum atomic E-state index is -0.484. The number of para-hydroxylation sites is 1. The normalized spacial score (nSPS) is 11.1. The molecular weight excluding hydrogens is 526 g/mol. The van der Waals surface area contributed by atoms with Gasteiger partial charge in [0.1, 0.15) is 5.69 Å². The van der Waals surface area contributed by atoms with Crippen molar-refractivity contribution >= 4 is 40.6 Å². The van der Waals surface area contributed by atoms with E-state index in [-0.39, 0.29) is 5.75 Å². The number of aromatic nitrogens is 1. The van der Waals surface area contributed by atoms with Gasteiger partial charge in [-0.15, -0.1) is 0 Å². The van der Waals surface area contributed by atoms with Crippen LogP contribution in [-0.2, 0) is 0 Å². The molecule has 0 saturated heterocycles. The lowest BCUT2D eigenvalue weighted by Gasteiger charge is -2.11. The Morgan fingerprint density at radius 3 is 2.48 bits per heavy atom. The van der Waals surface area contributed by atoms with Crippen LogP contribution in [0.1, 0.15) is 38.9 Å². The molecule has 5 aromatic rings. The number of H-pyrrole nitrogens is 1. The van der Waals surface area contributed by atoms with E-state index in [1.54, 1.807) is 36.4 Å². The number of carbonyl (C=O) groups is 2. The predicted molar refractivity (Wildman–Crippen MR) is 158 cm³/mol. The first-order valence-electron chi connectivity index (χ1n) is 12.7. The minimum Gasteiger partial charge on any atom is -0.490 e. The summed E-state index contributed by atoms with van der Waals surface area (Å²) in [5.41, 5.74) is 7.32. The van der Waals surface area contributed by atoms with Crippen molar-refractivity contribution in [1.29, 1.82) is 0 Å². The van der Waals surface area contributed by atoms with Gasteiger partial charge in [0, 0.05) is 27.1 Å². The summed E-state index contributed by atoms with van der Waals surface area (Å²) in [7, 11) is 0. The van der Waals surface area contributed by atoms with E-state index in [2.05, 4.69) is 15.5 Å². The molecule has 5 rings (SSSR count). The van der Waals surface area contributed by atoms with Crippen LogP contribution in [-0.4, -0.2) is 29.7 Å². The number of hydrogen-bond acceptors (Lipinski definition) is 5. The molecule has 0 bridgehead atoms. The van der Waals surface area contributed by atoms with Crippen LogP contribution in [0, 0.1) is 6.92 Å². The fourth-order valence-corrected chi connectivity index (χ4v) is 4.51. The van der Waals surface area contributed by atoms with E-state index in [1.165, 1.54) is 6.21 Å². The van der Waals surface area contributed by atoms with Gasteiger partial charge in [0.25, 0.3) is 5.91 Å². The summed E-state index contributed by atoms with van der Waals surface area (Å²) in [6.07, 6.45) is 1.49.